The number of nitriles is 1. The monoisotopic (exact) mass is 294 g/mol. The van der Waals surface area contributed by atoms with Gasteiger partial charge in [-0.1, -0.05) is 25.1 Å². The van der Waals surface area contributed by atoms with E-state index in [1.54, 1.807) is 19.1 Å². The number of furan rings is 1. The SMILES string of the molecule is CCc1ccccc1NC(=O)/C(C#N)=C\c1cc(C)oc1C. The minimum absolute atomic E-state index is 0.0507. The van der Waals surface area contributed by atoms with E-state index in [1.807, 2.05) is 44.2 Å². The van der Waals surface area contributed by atoms with Gasteiger partial charge < -0.3 is 9.73 Å². The smallest absolute Gasteiger partial charge is 0.266 e. The molecule has 1 aromatic carbocycles. The van der Waals surface area contributed by atoms with Crippen LogP contribution >= 0.6 is 0 Å². The fourth-order valence-corrected chi connectivity index (χ4v) is 2.24. The summed E-state index contributed by atoms with van der Waals surface area (Å²) in [6.45, 7) is 5.65. The maximum atomic E-state index is 12.3. The molecular formula is C18H18N2O2. The van der Waals surface area contributed by atoms with Gasteiger partial charge in [0.1, 0.15) is 23.2 Å². The second kappa shape index (κ2) is 6.77. The highest BCUT2D eigenvalue weighted by Gasteiger charge is 2.13. The Morgan fingerprint density at radius 2 is 2.09 bits per heavy atom. The Kier molecular flexibility index (Phi) is 4.80. The lowest BCUT2D eigenvalue weighted by atomic mass is 10.1. The zero-order valence-electron chi connectivity index (χ0n) is 12.9. The molecule has 0 saturated carbocycles. The summed E-state index contributed by atoms with van der Waals surface area (Å²) in [7, 11) is 0. The summed E-state index contributed by atoms with van der Waals surface area (Å²) in [4.78, 5) is 12.3. The number of hydrogen-bond acceptors (Lipinski definition) is 3. The quantitative estimate of drug-likeness (QED) is 0.684. The van der Waals surface area contributed by atoms with E-state index < -0.39 is 5.91 Å². The minimum Gasteiger partial charge on any atom is -0.466 e. The normalized spacial score (nSPS) is 11.1. The van der Waals surface area contributed by atoms with Crippen molar-refractivity contribution in [3.63, 3.8) is 0 Å². The molecule has 0 atom stereocenters. The molecule has 0 spiro atoms. The van der Waals surface area contributed by atoms with E-state index >= 15 is 0 Å². The Hall–Kier alpha value is -2.80. The van der Waals surface area contributed by atoms with Gasteiger partial charge in [-0.25, -0.2) is 0 Å². The molecule has 0 bridgehead atoms. The van der Waals surface area contributed by atoms with Gasteiger partial charge in [-0.3, -0.25) is 4.79 Å². The first kappa shape index (κ1) is 15.6. The van der Waals surface area contributed by atoms with Gasteiger partial charge in [0.25, 0.3) is 5.91 Å². The second-order valence-electron chi connectivity index (χ2n) is 5.00. The molecule has 1 amide bonds. The fourth-order valence-electron chi connectivity index (χ4n) is 2.24. The van der Waals surface area contributed by atoms with Crippen LogP contribution in [0.25, 0.3) is 6.08 Å². The van der Waals surface area contributed by atoms with E-state index in [1.165, 1.54) is 0 Å². The van der Waals surface area contributed by atoms with Crippen molar-refractivity contribution in [2.24, 2.45) is 0 Å². The van der Waals surface area contributed by atoms with Crippen LogP contribution in [0.4, 0.5) is 5.69 Å². The topological polar surface area (TPSA) is 66.0 Å². The van der Waals surface area contributed by atoms with Crippen molar-refractivity contribution in [1.82, 2.24) is 0 Å². The molecule has 0 radical (unpaired) electrons. The molecule has 22 heavy (non-hydrogen) atoms. The number of anilines is 1. The van der Waals surface area contributed by atoms with Crippen LogP contribution in [-0.4, -0.2) is 5.91 Å². The zero-order chi connectivity index (χ0) is 16.1. The van der Waals surface area contributed by atoms with E-state index in [4.69, 9.17) is 4.42 Å². The van der Waals surface area contributed by atoms with E-state index in [0.29, 0.717) is 5.76 Å². The van der Waals surface area contributed by atoms with Crippen molar-refractivity contribution < 1.29 is 9.21 Å². The number of nitrogens with one attached hydrogen (secondary N) is 1. The molecule has 1 aromatic heterocycles. The van der Waals surface area contributed by atoms with Crippen LogP contribution in [0.5, 0.6) is 0 Å². The van der Waals surface area contributed by atoms with Crippen molar-refractivity contribution in [2.75, 3.05) is 5.32 Å². The number of rotatable bonds is 4. The molecule has 0 aliphatic rings. The van der Waals surface area contributed by atoms with Crippen molar-refractivity contribution >= 4 is 17.7 Å². The predicted molar refractivity (Wildman–Crippen MR) is 86.2 cm³/mol. The van der Waals surface area contributed by atoms with Crippen LogP contribution in [-0.2, 0) is 11.2 Å². The first-order chi connectivity index (χ1) is 10.5. The molecule has 0 unspecified atom stereocenters. The molecule has 4 nitrogen and oxygen atoms in total. The summed E-state index contributed by atoms with van der Waals surface area (Å²) >= 11 is 0. The van der Waals surface area contributed by atoms with E-state index in [9.17, 15) is 10.1 Å². The summed E-state index contributed by atoms with van der Waals surface area (Å²) in [5.74, 6) is 1.02. The highest BCUT2D eigenvalue weighted by molar-refractivity contribution is 6.10. The van der Waals surface area contributed by atoms with E-state index in [2.05, 4.69) is 5.32 Å². The van der Waals surface area contributed by atoms with Crippen LogP contribution in [0, 0.1) is 25.2 Å². The highest BCUT2D eigenvalue weighted by atomic mass is 16.3. The number of aryl methyl sites for hydroxylation is 3. The standard InChI is InChI=1S/C18H18N2O2/c1-4-14-7-5-6-8-17(14)20-18(21)16(11-19)10-15-9-12(2)22-13(15)3/h5-10H,4H2,1-3H3,(H,20,21)/b16-10-. The van der Waals surface area contributed by atoms with Gasteiger partial charge in [0.2, 0.25) is 0 Å². The van der Waals surface area contributed by atoms with Crippen molar-refractivity contribution in [1.29, 1.82) is 5.26 Å². The average Bonchev–Trinajstić information content (AvgIpc) is 2.82. The number of carbonyl (C=O) groups excluding carboxylic acids is 1. The largest absolute Gasteiger partial charge is 0.466 e. The van der Waals surface area contributed by atoms with Crippen molar-refractivity contribution in [2.45, 2.75) is 27.2 Å². The van der Waals surface area contributed by atoms with Gasteiger partial charge in [0, 0.05) is 11.3 Å². The molecule has 0 saturated heterocycles. The van der Waals surface area contributed by atoms with Gasteiger partial charge in [0.15, 0.2) is 0 Å². The number of para-hydroxylation sites is 1. The Morgan fingerprint density at radius 1 is 1.36 bits per heavy atom. The van der Waals surface area contributed by atoms with Gasteiger partial charge >= 0.3 is 0 Å². The number of hydrogen-bond donors (Lipinski definition) is 1. The van der Waals surface area contributed by atoms with Crippen molar-refractivity contribution in [3.05, 3.63) is 58.6 Å². The summed E-state index contributed by atoms with van der Waals surface area (Å²) in [6.07, 6.45) is 2.36. The molecule has 4 heteroatoms. The van der Waals surface area contributed by atoms with E-state index in [0.717, 1.165) is 29.0 Å². The Labute approximate surface area is 130 Å². The molecule has 1 N–H and O–H groups in total. The lowest BCUT2D eigenvalue weighted by molar-refractivity contribution is -0.112. The van der Waals surface area contributed by atoms with Gasteiger partial charge in [-0.15, -0.1) is 0 Å². The lowest BCUT2D eigenvalue weighted by Crippen LogP contribution is -2.14. The number of amides is 1. The fraction of sp³-hybridized carbons (Fsp3) is 0.222. The third-order valence-electron chi connectivity index (χ3n) is 3.39. The molecular weight excluding hydrogens is 276 g/mol. The third kappa shape index (κ3) is 3.44. The second-order valence-corrected chi connectivity index (χ2v) is 5.00. The maximum Gasteiger partial charge on any atom is 0.266 e. The van der Waals surface area contributed by atoms with Crippen LogP contribution in [0.3, 0.4) is 0 Å². The lowest BCUT2D eigenvalue weighted by Gasteiger charge is -2.08. The molecule has 112 valence electrons. The van der Waals surface area contributed by atoms with E-state index in [-0.39, 0.29) is 5.57 Å². The predicted octanol–water partition coefficient (Wildman–Crippen LogP) is 4.00. The molecule has 0 aliphatic heterocycles. The highest BCUT2D eigenvalue weighted by Crippen LogP contribution is 2.19. The zero-order valence-corrected chi connectivity index (χ0v) is 12.9. The first-order valence-corrected chi connectivity index (χ1v) is 7.13. The molecule has 2 rings (SSSR count). The minimum atomic E-state index is -0.415. The Morgan fingerprint density at radius 3 is 2.68 bits per heavy atom. The first-order valence-electron chi connectivity index (χ1n) is 7.13. The van der Waals surface area contributed by atoms with Crippen LogP contribution in [0.1, 0.15) is 29.6 Å². The maximum absolute atomic E-state index is 12.3. The van der Waals surface area contributed by atoms with Gasteiger partial charge in [-0.05, 0) is 44.0 Å². The summed E-state index contributed by atoms with van der Waals surface area (Å²) in [6, 6.07) is 11.3. The summed E-state index contributed by atoms with van der Waals surface area (Å²) < 4.78 is 5.41. The molecule has 0 aliphatic carbocycles. The number of benzene rings is 1. The Bertz CT molecular complexity index is 764. The molecule has 2 aromatic rings. The summed E-state index contributed by atoms with van der Waals surface area (Å²) in [5.41, 5.74) is 2.56. The van der Waals surface area contributed by atoms with Crippen molar-refractivity contribution in [3.8, 4) is 6.07 Å². The average molecular weight is 294 g/mol. The third-order valence-corrected chi connectivity index (χ3v) is 3.39. The Balaban J connectivity index is 2.27. The number of carbonyl (C=O) groups is 1. The van der Waals surface area contributed by atoms with Crippen LogP contribution in [0.2, 0.25) is 0 Å². The molecule has 1 heterocycles. The summed E-state index contributed by atoms with van der Waals surface area (Å²) in [5, 5.41) is 12.0. The van der Waals surface area contributed by atoms with Gasteiger partial charge in [0.05, 0.1) is 0 Å². The molecule has 0 fully saturated rings. The van der Waals surface area contributed by atoms with Crippen LogP contribution < -0.4 is 5.32 Å². The van der Waals surface area contributed by atoms with Gasteiger partial charge in [-0.2, -0.15) is 5.26 Å². The van der Waals surface area contributed by atoms with Crippen LogP contribution in [0.15, 0.2) is 40.3 Å². The number of nitrogens with zero attached hydrogens (tertiary/aromatic N) is 1.